The van der Waals surface area contributed by atoms with Gasteiger partial charge < -0.3 is 10.3 Å². The van der Waals surface area contributed by atoms with Crippen molar-refractivity contribution in [2.45, 2.75) is 25.8 Å². The van der Waals surface area contributed by atoms with E-state index in [2.05, 4.69) is 15.2 Å². The first-order chi connectivity index (χ1) is 9.61. The van der Waals surface area contributed by atoms with Crippen LogP contribution in [0.5, 0.6) is 0 Å². The van der Waals surface area contributed by atoms with Crippen LogP contribution in [-0.2, 0) is 0 Å². The number of nitrogens with one attached hydrogen (secondary N) is 2. The standard InChI is InChI=1S/C13H20N4O3/c1-2-16(10-3-5-14-6-4-10)9-13(18)12-7-11(8-15-12)17(19)20/h7-8,10,14-15H,2-6,9H2,1H3. The molecule has 7 heteroatoms. The second-order valence-electron chi connectivity index (χ2n) is 5.00. The molecule has 0 amide bonds. The van der Waals surface area contributed by atoms with Crippen LogP contribution in [0.15, 0.2) is 12.3 Å². The van der Waals surface area contributed by atoms with E-state index in [-0.39, 0.29) is 11.5 Å². The van der Waals surface area contributed by atoms with Crippen LogP contribution in [0, 0.1) is 10.1 Å². The molecular weight excluding hydrogens is 260 g/mol. The Morgan fingerprint density at radius 3 is 2.75 bits per heavy atom. The molecule has 0 aromatic carbocycles. The number of likely N-dealkylation sites (N-methyl/N-ethyl adjacent to an activating group) is 1. The fourth-order valence-electron chi connectivity index (χ4n) is 2.59. The maximum Gasteiger partial charge on any atom is 0.287 e. The lowest BCUT2D eigenvalue weighted by molar-refractivity contribution is -0.384. The van der Waals surface area contributed by atoms with Crippen LogP contribution in [0.1, 0.15) is 30.3 Å². The van der Waals surface area contributed by atoms with Crippen LogP contribution < -0.4 is 5.32 Å². The second kappa shape index (κ2) is 6.62. The van der Waals surface area contributed by atoms with Crippen molar-refractivity contribution in [2.24, 2.45) is 0 Å². The highest BCUT2D eigenvalue weighted by atomic mass is 16.6. The molecule has 1 aromatic heterocycles. The average molecular weight is 280 g/mol. The Morgan fingerprint density at radius 1 is 1.50 bits per heavy atom. The van der Waals surface area contributed by atoms with Gasteiger partial charge in [-0.1, -0.05) is 6.92 Å². The molecule has 0 aliphatic carbocycles. The summed E-state index contributed by atoms with van der Waals surface area (Å²) in [5, 5.41) is 13.9. The number of H-pyrrole nitrogens is 1. The molecule has 2 rings (SSSR count). The summed E-state index contributed by atoms with van der Waals surface area (Å²) in [6, 6.07) is 1.72. The number of aromatic nitrogens is 1. The van der Waals surface area contributed by atoms with Gasteiger partial charge in [0.05, 0.1) is 23.4 Å². The summed E-state index contributed by atoms with van der Waals surface area (Å²) in [6.07, 6.45) is 3.33. The van der Waals surface area contributed by atoms with Gasteiger partial charge in [0.2, 0.25) is 0 Å². The number of ketones is 1. The molecule has 0 spiro atoms. The lowest BCUT2D eigenvalue weighted by atomic mass is 10.0. The van der Waals surface area contributed by atoms with E-state index in [1.165, 1.54) is 12.3 Å². The smallest absolute Gasteiger partial charge is 0.287 e. The largest absolute Gasteiger partial charge is 0.353 e. The highest BCUT2D eigenvalue weighted by molar-refractivity contribution is 5.96. The van der Waals surface area contributed by atoms with Crippen LogP contribution in [0.2, 0.25) is 0 Å². The summed E-state index contributed by atoms with van der Waals surface area (Å²) in [7, 11) is 0. The van der Waals surface area contributed by atoms with Gasteiger partial charge in [-0.05, 0) is 32.5 Å². The van der Waals surface area contributed by atoms with Gasteiger partial charge in [-0.2, -0.15) is 0 Å². The molecule has 20 heavy (non-hydrogen) atoms. The van der Waals surface area contributed by atoms with Crippen LogP contribution in [0.25, 0.3) is 0 Å². The number of nitrogens with zero attached hydrogens (tertiary/aromatic N) is 2. The maximum absolute atomic E-state index is 12.2. The molecule has 1 aliphatic rings. The molecule has 2 N–H and O–H groups in total. The second-order valence-corrected chi connectivity index (χ2v) is 5.00. The Kier molecular flexibility index (Phi) is 4.86. The molecule has 0 radical (unpaired) electrons. The molecule has 7 nitrogen and oxygen atoms in total. The van der Waals surface area contributed by atoms with Crippen molar-refractivity contribution in [3.05, 3.63) is 28.1 Å². The van der Waals surface area contributed by atoms with Crippen molar-refractivity contribution in [3.63, 3.8) is 0 Å². The molecule has 1 fully saturated rings. The fourth-order valence-corrected chi connectivity index (χ4v) is 2.59. The third-order valence-corrected chi connectivity index (χ3v) is 3.76. The Morgan fingerprint density at radius 2 is 2.20 bits per heavy atom. The van der Waals surface area contributed by atoms with Gasteiger partial charge in [-0.25, -0.2) is 0 Å². The number of carbonyl (C=O) groups is 1. The molecular formula is C13H20N4O3. The molecule has 0 unspecified atom stereocenters. The van der Waals surface area contributed by atoms with Gasteiger partial charge in [-0.3, -0.25) is 19.8 Å². The Hall–Kier alpha value is -1.73. The number of aromatic amines is 1. The molecule has 1 aliphatic heterocycles. The van der Waals surface area contributed by atoms with Crippen molar-refractivity contribution < 1.29 is 9.72 Å². The summed E-state index contributed by atoms with van der Waals surface area (Å²) in [6.45, 7) is 5.09. The molecule has 110 valence electrons. The van der Waals surface area contributed by atoms with E-state index in [0.29, 0.717) is 18.3 Å². The minimum atomic E-state index is -0.502. The number of rotatable bonds is 6. The normalized spacial score (nSPS) is 16.5. The van der Waals surface area contributed by atoms with Crippen LogP contribution >= 0.6 is 0 Å². The van der Waals surface area contributed by atoms with Crippen molar-refractivity contribution in [2.75, 3.05) is 26.2 Å². The minimum absolute atomic E-state index is 0.0711. The number of nitro groups is 1. The van der Waals surface area contributed by atoms with Crippen molar-refractivity contribution >= 4 is 11.5 Å². The summed E-state index contributed by atoms with van der Waals surface area (Å²) in [5.74, 6) is -0.0986. The first-order valence-corrected chi connectivity index (χ1v) is 6.92. The number of carbonyl (C=O) groups excluding carboxylic acids is 1. The predicted molar refractivity (Wildman–Crippen MR) is 74.9 cm³/mol. The van der Waals surface area contributed by atoms with Gasteiger partial charge >= 0.3 is 0 Å². The summed E-state index contributed by atoms with van der Waals surface area (Å²) in [4.78, 5) is 27.1. The first-order valence-electron chi connectivity index (χ1n) is 6.92. The topological polar surface area (TPSA) is 91.3 Å². The minimum Gasteiger partial charge on any atom is -0.353 e. The highest BCUT2D eigenvalue weighted by Crippen LogP contribution is 2.15. The quantitative estimate of drug-likeness (QED) is 0.464. The van der Waals surface area contributed by atoms with E-state index in [4.69, 9.17) is 0 Å². The lowest BCUT2D eigenvalue weighted by Crippen LogP contribution is -2.45. The Labute approximate surface area is 117 Å². The zero-order chi connectivity index (χ0) is 14.5. The zero-order valence-corrected chi connectivity index (χ0v) is 11.6. The van der Waals surface area contributed by atoms with E-state index in [1.807, 2.05) is 6.92 Å². The van der Waals surface area contributed by atoms with Crippen LogP contribution in [0.3, 0.4) is 0 Å². The molecule has 0 atom stereocenters. The van der Waals surface area contributed by atoms with Gasteiger partial charge in [0.25, 0.3) is 5.69 Å². The van der Waals surface area contributed by atoms with Crippen molar-refractivity contribution in [3.8, 4) is 0 Å². The summed E-state index contributed by atoms with van der Waals surface area (Å²) in [5.41, 5.74) is 0.238. The lowest BCUT2D eigenvalue weighted by Gasteiger charge is -2.33. The third kappa shape index (κ3) is 3.43. The molecule has 2 heterocycles. The fraction of sp³-hybridized carbons (Fsp3) is 0.615. The van der Waals surface area contributed by atoms with Gasteiger partial charge in [0.1, 0.15) is 0 Å². The van der Waals surface area contributed by atoms with E-state index < -0.39 is 4.92 Å². The predicted octanol–water partition coefficient (Wildman–Crippen LogP) is 1.18. The third-order valence-electron chi connectivity index (χ3n) is 3.76. The van der Waals surface area contributed by atoms with Gasteiger partial charge in [0, 0.05) is 12.1 Å². The summed E-state index contributed by atoms with van der Waals surface area (Å²) < 4.78 is 0. The number of piperidine rings is 1. The number of Topliss-reactive ketones (excluding diaryl/α,β-unsaturated/α-hetero) is 1. The van der Waals surface area contributed by atoms with Crippen molar-refractivity contribution in [1.82, 2.24) is 15.2 Å². The SMILES string of the molecule is CCN(CC(=O)c1cc([N+](=O)[O-])c[nH]1)C1CCNCC1. The Bertz CT molecular complexity index is 480. The molecule has 0 bridgehead atoms. The van der Waals surface area contributed by atoms with E-state index in [9.17, 15) is 14.9 Å². The number of hydrogen-bond donors (Lipinski definition) is 2. The number of hydrogen-bond acceptors (Lipinski definition) is 5. The Balaban J connectivity index is 1.98. The van der Waals surface area contributed by atoms with E-state index in [1.54, 1.807) is 0 Å². The maximum atomic E-state index is 12.2. The highest BCUT2D eigenvalue weighted by Gasteiger charge is 2.23. The average Bonchev–Trinajstić information content (AvgIpc) is 2.95. The van der Waals surface area contributed by atoms with Crippen LogP contribution in [-0.4, -0.2) is 52.8 Å². The monoisotopic (exact) mass is 280 g/mol. The molecule has 1 aromatic rings. The van der Waals surface area contributed by atoms with E-state index >= 15 is 0 Å². The zero-order valence-electron chi connectivity index (χ0n) is 11.6. The molecule has 0 saturated carbocycles. The first kappa shape index (κ1) is 14.7. The summed E-state index contributed by atoms with van der Waals surface area (Å²) >= 11 is 0. The van der Waals surface area contributed by atoms with Gasteiger partial charge in [0.15, 0.2) is 5.78 Å². The van der Waals surface area contributed by atoms with E-state index in [0.717, 1.165) is 32.5 Å². The van der Waals surface area contributed by atoms with Crippen molar-refractivity contribution in [1.29, 1.82) is 0 Å². The van der Waals surface area contributed by atoms with Gasteiger partial charge in [-0.15, -0.1) is 0 Å². The molecule has 1 saturated heterocycles. The van der Waals surface area contributed by atoms with Crippen LogP contribution in [0.4, 0.5) is 5.69 Å².